The molecule has 0 saturated heterocycles. The number of hydrogen-bond donors (Lipinski definition) is 4. The summed E-state index contributed by atoms with van der Waals surface area (Å²) in [6, 6.07) is 23.0. The van der Waals surface area contributed by atoms with Gasteiger partial charge in [-0.1, -0.05) is 61.7 Å². The molecule has 6 heteroatoms. The fraction of sp³-hybridized carbons (Fsp3) is 0.267. The first-order valence-electron chi connectivity index (χ1n) is 12.7. The van der Waals surface area contributed by atoms with Crippen molar-refractivity contribution in [2.75, 3.05) is 6.54 Å². The van der Waals surface area contributed by atoms with Crippen molar-refractivity contribution < 1.29 is 9.90 Å². The third-order valence-corrected chi connectivity index (χ3v) is 7.01. The fourth-order valence-corrected chi connectivity index (χ4v) is 4.99. The van der Waals surface area contributed by atoms with Gasteiger partial charge >= 0.3 is 0 Å². The Morgan fingerprint density at radius 2 is 1.72 bits per heavy atom. The van der Waals surface area contributed by atoms with Gasteiger partial charge in [0.25, 0.3) is 5.91 Å². The maximum Gasteiger partial charge on any atom is 0.251 e. The molecule has 3 aromatic carbocycles. The Kier molecular flexibility index (Phi) is 7.14. The number of H-pyrrole nitrogens is 1. The number of aromatic amines is 1. The molecule has 4 aromatic rings. The molecule has 0 aliphatic heterocycles. The van der Waals surface area contributed by atoms with Crippen LogP contribution in [0, 0.1) is 5.92 Å². The first-order valence-corrected chi connectivity index (χ1v) is 12.7. The van der Waals surface area contributed by atoms with E-state index >= 15 is 0 Å². The fourth-order valence-electron chi connectivity index (χ4n) is 4.99. The Morgan fingerprint density at radius 1 is 0.972 bits per heavy atom. The van der Waals surface area contributed by atoms with Crippen molar-refractivity contribution in [3.05, 3.63) is 95.1 Å². The zero-order valence-electron chi connectivity index (χ0n) is 20.3. The van der Waals surface area contributed by atoms with E-state index < -0.39 is 0 Å². The highest BCUT2D eigenvalue weighted by Gasteiger charge is 2.21. The molecule has 1 aromatic heterocycles. The van der Waals surface area contributed by atoms with Crippen molar-refractivity contribution in [2.24, 2.45) is 16.6 Å². The molecule has 0 atom stereocenters. The average Bonchev–Trinajstić information content (AvgIpc) is 3.26. The molecule has 0 spiro atoms. The minimum atomic E-state index is -0.0929. The van der Waals surface area contributed by atoms with E-state index in [2.05, 4.69) is 10.3 Å². The molecule has 5 N–H and O–H groups in total. The largest absolute Gasteiger partial charge is 0.494 e. The van der Waals surface area contributed by atoms with Crippen molar-refractivity contribution in [3.8, 4) is 5.88 Å². The number of nitrogens with zero attached hydrogens (tertiary/aromatic N) is 1. The molecule has 1 heterocycles. The van der Waals surface area contributed by atoms with Gasteiger partial charge in [-0.2, -0.15) is 0 Å². The molecular weight excluding hydrogens is 448 g/mol. The number of benzene rings is 3. The van der Waals surface area contributed by atoms with Crippen LogP contribution in [0.5, 0.6) is 5.88 Å². The lowest BCUT2D eigenvalue weighted by atomic mass is 9.89. The molecule has 1 amide bonds. The zero-order valence-corrected chi connectivity index (χ0v) is 20.3. The lowest BCUT2D eigenvalue weighted by Crippen LogP contribution is -2.30. The first-order chi connectivity index (χ1) is 17.6. The number of nitrogens with one attached hydrogen (secondary N) is 2. The maximum atomic E-state index is 13.0. The molecule has 184 valence electrons. The number of carbonyl (C=O) groups is 1. The van der Waals surface area contributed by atoms with E-state index in [9.17, 15) is 9.90 Å². The normalized spacial score (nSPS) is 14.8. The summed E-state index contributed by atoms with van der Waals surface area (Å²) < 4.78 is 0. The summed E-state index contributed by atoms with van der Waals surface area (Å²) >= 11 is 0. The van der Waals surface area contributed by atoms with Gasteiger partial charge < -0.3 is 21.1 Å². The van der Waals surface area contributed by atoms with Gasteiger partial charge in [0.1, 0.15) is 0 Å². The highest BCUT2D eigenvalue weighted by Crippen LogP contribution is 2.32. The van der Waals surface area contributed by atoms with E-state index in [1.54, 1.807) is 6.07 Å². The second-order valence-electron chi connectivity index (χ2n) is 9.52. The van der Waals surface area contributed by atoms with E-state index in [1.807, 2.05) is 66.7 Å². The van der Waals surface area contributed by atoms with Crippen LogP contribution in [-0.4, -0.2) is 28.3 Å². The van der Waals surface area contributed by atoms with Crippen molar-refractivity contribution in [2.45, 2.75) is 38.6 Å². The van der Waals surface area contributed by atoms with Gasteiger partial charge in [-0.25, -0.2) is 4.99 Å². The van der Waals surface area contributed by atoms with E-state index in [4.69, 9.17) is 10.7 Å². The number of rotatable bonds is 7. The van der Waals surface area contributed by atoms with Gasteiger partial charge in [0.15, 0.2) is 5.88 Å². The Hall–Kier alpha value is -3.90. The van der Waals surface area contributed by atoms with Crippen LogP contribution in [-0.2, 0) is 6.54 Å². The summed E-state index contributed by atoms with van der Waals surface area (Å²) in [5.41, 5.74) is 10.9. The number of carbonyl (C=O) groups excluding carboxylic acids is 1. The third-order valence-electron chi connectivity index (χ3n) is 7.01. The SMILES string of the molecule is NCc1ccc(N=C(c2ccccc2)c2c(O)[nH]c3ccc(C(=O)NCC4CCCCC4)cc23)cc1. The van der Waals surface area contributed by atoms with E-state index in [-0.39, 0.29) is 11.8 Å². The second kappa shape index (κ2) is 10.8. The van der Waals surface area contributed by atoms with Crippen molar-refractivity contribution >= 4 is 28.2 Å². The van der Waals surface area contributed by atoms with Gasteiger partial charge in [0.05, 0.1) is 17.0 Å². The maximum absolute atomic E-state index is 13.0. The molecule has 0 unspecified atom stereocenters. The molecule has 0 radical (unpaired) electrons. The van der Waals surface area contributed by atoms with Crippen LogP contribution in [0.1, 0.15) is 59.2 Å². The standard InChI is InChI=1S/C30H32N4O2/c31-18-20-11-14-24(15-12-20)33-28(22-9-5-2-6-10-22)27-25-17-23(13-16-26(25)34-30(27)36)29(35)32-19-21-7-3-1-4-8-21/h2,5-6,9-17,21,34,36H,1,3-4,7-8,18-19,31H2,(H,32,35). The lowest BCUT2D eigenvalue weighted by Gasteiger charge is -2.21. The van der Waals surface area contributed by atoms with Crippen LogP contribution in [0.25, 0.3) is 10.9 Å². The summed E-state index contributed by atoms with van der Waals surface area (Å²) in [5, 5.41) is 14.8. The number of aliphatic imine (C=N–C) groups is 1. The van der Waals surface area contributed by atoms with Crippen LogP contribution in [0.3, 0.4) is 0 Å². The molecule has 1 fully saturated rings. The summed E-state index contributed by atoms with van der Waals surface area (Å²) in [7, 11) is 0. The van der Waals surface area contributed by atoms with Crippen molar-refractivity contribution in [1.82, 2.24) is 10.3 Å². The number of aromatic nitrogens is 1. The van der Waals surface area contributed by atoms with Gasteiger partial charge in [0, 0.05) is 35.1 Å². The van der Waals surface area contributed by atoms with Crippen LogP contribution < -0.4 is 11.1 Å². The minimum Gasteiger partial charge on any atom is -0.494 e. The van der Waals surface area contributed by atoms with Gasteiger partial charge in [-0.05, 0) is 54.7 Å². The highest BCUT2D eigenvalue weighted by molar-refractivity contribution is 6.22. The smallest absolute Gasteiger partial charge is 0.251 e. The molecule has 5 rings (SSSR count). The number of amides is 1. The lowest BCUT2D eigenvalue weighted by molar-refractivity contribution is 0.0943. The topological polar surface area (TPSA) is 104 Å². The van der Waals surface area contributed by atoms with Crippen molar-refractivity contribution in [3.63, 3.8) is 0 Å². The third kappa shape index (κ3) is 5.19. The second-order valence-corrected chi connectivity index (χ2v) is 9.52. The number of aromatic hydroxyl groups is 1. The van der Waals surface area contributed by atoms with Crippen LogP contribution in [0.4, 0.5) is 5.69 Å². The van der Waals surface area contributed by atoms with Crippen LogP contribution in [0.15, 0.2) is 77.8 Å². The summed E-state index contributed by atoms with van der Waals surface area (Å²) in [4.78, 5) is 21.0. The van der Waals surface area contributed by atoms with Crippen LogP contribution in [0.2, 0.25) is 0 Å². The molecule has 1 aliphatic carbocycles. The molecule has 36 heavy (non-hydrogen) atoms. The Bertz CT molecular complexity index is 1370. The number of nitrogens with two attached hydrogens (primary N) is 1. The summed E-state index contributed by atoms with van der Waals surface area (Å²) in [6.07, 6.45) is 6.14. The van der Waals surface area contributed by atoms with Crippen molar-refractivity contribution in [1.29, 1.82) is 0 Å². The predicted octanol–water partition coefficient (Wildman–Crippen LogP) is 5.81. The summed E-state index contributed by atoms with van der Waals surface area (Å²) in [6.45, 7) is 1.17. The number of fused-ring (bicyclic) bond motifs is 1. The van der Waals surface area contributed by atoms with Crippen LogP contribution >= 0.6 is 0 Å². The quantitative estimate of drug-likeness (QED) is 0.251. The van der Waals surface area contributed by atoms with Gasteiger partial charge in [-0.15, -0.1) is 0 Å². The zero-order chi connectivity index (χ0) is 24.9. The van der Waals surface area contributed by atoms with Gasteiger partial charge in [-0.3, -0.25) is 4.79 Å². The minimum absolute atomic E-state index is 0.0194. The Balaban J connectivity index is 1.53. The molecule has 1 aliphatic rings. The Labute approximate surface area is 211 Å². The first kappa shape index (κ1) is 23.8. The van der Waals surface area contributed by atoms with Gasteiger partial charge in [0.2, 0.25) is 0 Å². The van der Waals surface area contributed by atoms with E-state index in [0.29, 0.717) is 35.8 Å². The molecule has 6 nitrogen and oxygen atoms in total. The van der Waals surface area contributed by atoms with E-state index in [0.717, 1.165) is 27.7 Å². The van der Waals surface area contributed by atoms with E-state index in [1.165, 1.54) is 32.1 Å². The highest BCUT2D eigenvalue weighted by atomic mass is 16.3. The molecule has 1 saturated carbocycles. The number of hydrogen-bond acceptors (Lipinski definition) is 4. The molecular formula is C30H32N4O2. The monoisotopic (exact) mass is 480 g/mol. The predicted molar refractivity (Wildman–Crippen MR) is 145 cm³/mol. The Morgan fingerprint density at radius 3 is 2.44 bits per heavy atom. The average molecular weight is 481 g/mol. The molecule has 0 bridgehead atoms. The summed E-state index contributed by atoms with van der Waals surface area (Å²) in [5.74, 6) is 0.483.